The van der Waals surface area contributed by atoms with E-state index in [4.69, 9.17) is 0 Å². The summed E-state index contributed by atoms with van der Waals surface area (Å²) in [5.41, 5.74) is 0. The number of halogens is 1. The van der Waals surface area contributed by atoms with Gasteiger partial charge in [-0.25, -0.2) is 4.39 Å². The minimum Gasteiger partial charge on any atom is -0.248 e. The highest BCUT2D eigenvalue weighted by Gasteiger charge is 2.11. The molecule has 0 aliphatic rings. The number of hydrogen-bond donors (Lipinski definition) is 0. The van der Waals surface area contributed by atoms with Gasteiger partial charge in [0.25, 0.3) is 0 Å². The van der Waals surface area contributed by atoms with Gasteiger partial charge in [0.05, 0.1) is 6.17 Å². The summed E-state index contributed by atoms with van der Waals surface area (Å²) in [5, 5.41) is 0. The molecular formula is C8H17F. The van der Waals surface area contributed by atoms with E-state index >= 15 is 0 Å². The van der Waals surface area contributed by atoms with Crippen LogP contribution in [0.4, 0.5) is 4.39 Å². The largest absolute Gasteiger partial charge is 0.248 e. The Morgan fingerprint density at radius 3 is 1.67 bits per heavy atom. The Bertz CT molecular complexity index is 67.0. The molecule has 0 fully saturated rings. The molecule has 0 radical (unpaired) electrons. The second-order valence-corrected chi connectivity index (χ2v) is 3.28. The van der Waals surface area contributed by atoms with Crippen LogP contribution in [0, 0.1) is 11.8 Å². The monoisotopic (exact) mass is 132 g/mol. The zero-order chi connectivity index (χ0) is 7.44. The fourth-order valence-corrected chi connectivity index (χ4v) is 0.931. The first kappa shape index (κ1) is 8.93. The van der Waals surface area contributed by atoms with Gasteiger partial charge in [0.1, 0.15) is 0 Å². The summed E-state index contributed by atoms with van der Waals surface area (Å²) in [7, 11) is 0. The summed E-state index contributed by atoms with van der Waals surface area (Å²) >= 11 is 0. The van der Waals surface area contributed by atoms with Crippen molar-refractivity contribution in [1.82, 2.24) is 0 Å². The normalized spacial score (nSPS) is 18.0. The molecule has 1 unspecified atom stereocenters. The minimum atomic E-state index is -0.646. The zero-order valence-electron chi connectivity index (χ0n) is 6.82. The quantitative estimate of drug-likeness (QED) is 0.553. The van der Waals surface area contributed by atoms with Gasteiger partial charge in [0.2, 0.25) is 0 Å². The van der Waals surface area contributed by atoms with Crippen molar-refractivity contribution in [2.45, 2.75) is 40.3 Å². The molecule has 0 aromatic rings. The van der Waals surface area contributed by atoms with E-state index in [0.29, 0.717) is 5.92 Å². The maximum atomic E-state index is 12.5. The summed E-state index contributed by atoms with van der Waals surface area (Å²) in [5.74, 6) is 0.850. The lowest BCUT2D eigenvalue weighted by Gasteiger charge is -2.14. The van der Waals surface area contributed by atoms with Crippen LogP contribution < -0.4 is 0 Å². The molecule has 0 nitrogen and oxygen atoms in total. The average Bonchev–Trinajstić information content (AvgIpc) is 1.63. The van der Waals surface area contributed by atoms with Crippen LogP contribution in [0.3, 0.4) is 0 Å². The van der Waals surface area contributed by atoms with Crippen molar-refractivity contribution in [2.24, 2.45) is 11.8 Å². The SMILES string of the molecule is CC(C)C[C@@H](C)C(C)F. The molecule has 56 valence electrons. The van der Waals surface area contributed by atoms with Gasteiger partial charge in [-0.05, 0) is 25.2 Å². The highest BCUT2D eigenvalue weighted by molar-refractivity contribution is 4.60. The van der Waals surface area contributed by atoms with E-state index in [-0.39, 0.29) is 5.92 Å². The molecule has 0 amide bonds. The predicted molar refractivity (Wildman–Crippen MR) is 39.2 cm³/mol. The van der Waals surface area contributed by atoms with Gasteiger partial charge < -0.3 is 0 Å². The molecule has 0 saturated heterocycles. The van der Waals surface area contributed by atoms with Crippen LogP contribution in [0.2, 0.25) is 0 Å². The molecule has 0 aliphatic heterocycles. The maximum absolute atomic E-state index is 12.5. The van der Waals surface area contributed by atoms with Gasteiger partial charge in [-0.15, -0.1) is 0 Å². The van der Waals surface area contributed by atoms with Crippen molar-refractivity contribution < 1.29 is 4.39 Å². The van der Waals surface area contributed by atoms with E-state index in [2.05, 4.69) is 13.8 Å². The fourth-order valence-electron chi connectivity index (χ4n) is 0.931. The molecule has 0 spiro atoms. The van der Waals surface area contributed by atoms with E-state index in [1.165, 1.54) is 0 Å². The lowest BCUT2D eigenvalue weighted by Crippen LogP contribution is -2.10. The number of alkyl halides is 1. The Morgan fingerprint density at radius 2 is 1.56 bits per heavy atom. The molecule has 9 heavy (non-hydrogen) atoms. The van der Waals surface area contributed by atoms with Crippen LogP contribution in [0.15, 0.2) is 0 Å². The third-order valence-corrected chi connectivity index (χ3v) is 1.63. The Kier molecular flexibility index (Phi) is 3.83. The molecule has 0 aromatic carbocycles. The van der Waals surface area contributed by atoms with E-state index in [0.717, 1.165) is 6.42 Å². The third-order valence-electron chi connectivity index (χ3n) is 1.63. The Morgan fingerprint density at radius 1 is 1.11 bits per heavy atom. The van der Waals surface area contributed by atoms with Gasteiger partial charge in [0, 0.05) is 0 Å². The highest BCUT2D eigenvalue weighted by atomic mass is 19.1. The molecule has 0 bridgehead atoms. The summed E-state index contributed by atoms with van der Waals surface area (Å²) in [6, 6.07) is 0. The van der Waals surface area contributed by atoms with Gasteiger partial charge in [-0.2, -0.15) is 0 Å². The minimum absolute atomic E-state index is 0.227. The van der Waals surface area contributed by atoms with Crippen LogP contribution in [0.1, 0.15) is 34.1 Å². The summed E-state index contributed by atoms with van der Waals surface area (Å²) in [6.45, 7) is 7.84. The summed E-state index contributed by atoms with van der Waals surface area (Å²) in [4.78, 5) is 0. The first-order chi connectivity index (χ1) is 4.04. The highest BCUT2D eigenvalue weighted by Crippen LogP contribution is 2.16. The Balaban J connectivity index is 3.38. The van der Waals surface area contributed by atoms with E-state index in [9.17, 15) is 4.39 Å². The third kappa shape index (κ3) is 4.43. The van der Waals surface area contributed by atoms with Crippen molar-refractivity contribution in [3.8, 4) is 0 Å². The standard InChI is InChI=1S/C8H17F/c1-6(2)5-7(3)8(4)9/h6-8H,5H2,1-4H3/t7-,8?/m1/s1. The first-order valence-electron chi connectivity index (χ1n) is 3.68. The van der Waals surface area contributed by atoms with Crippen LogP contribution in [-0.2, 0) is 0 Å². The van der Waals surface area contributed by atoms with Crippen LogP contribution >= 0.6 is 0 Å². The van der Waals surface area contributed by atoms with Crippen LogP contribution in [-0.4, -0.2) is 6.17 Å². The van der Waals surface area contributed by atoms with Crippen molar-refractivity contribution in [2.75, 3.05) is 0 Å². The molecule has 0 aliphatic carbocycles. The van der Waals surface area contributed by atoms with Crippen molar-refractivity contribution in [3.63, 3.8) is 0 Å². The topological polar surface area (TPSA) is 0 Å². The van der Waals surface area contributed by atoms with Crippen molar-refractivity contribution >= 4 is 0 Å². The smallest absolute Gasteiger partial charge is 0.0999 e. The molecule has 0 aromatic heterocycles. The zero-order valence-corrected chi connectivity index (χ0v) is 6.82. The second kappa shape index (κ2) is 3.86. The Labute approximate surface area is 57.5 Å². The van der Waals surface area contributed by atoms with Crippen molar-refractivity contribution in [3.05, 3.63) is 0 Å². The van der Waals surface area contributed by atoms with Crippen LogP contribution in [0.25, 0.3) is 0 Å². The fraction of sp³-hybridized carbons (Fsp3) is 1.00. The molecule has 2 atom stereocenters. The predicted octanol–water partition coefficient (Wildman–Crippen LogP) is 3.03. The molecule has 0 N–H and O–H groups in total. The maximum Gasteiger partial charge on any atom is 0.0999 e. The van der Waals surface area contributed by atoms with E-state index in [1.54, 1.807) is 6.92 Å². The lowest BCUT2D eigenvalue weighted by molar-refractivity contribution is 0.235. The number of rotatable bonds is 3. The molecule has 0 saturated carbocycles. The Hall–Kier alpha value is -0.0700. The van der Waals surface area contributed by atoms with Gasteiger partial charge in [0.15, 0.2) is 0 Å². The number of hydrogen-bond acceptors (Lipinski definition) is 0. The van der Waals surface area contributed by atoms with E-state index in [1.807, 2.05) is 6.92 Å². The van der Waals surface area contributed by atoms with E-state index < -0.39 is 6.17 Å². The lowest BCUT2D eigenvalue weighted by atomic mass is 9.96. The van der Waals surface area contributed by atoms with Gasteiger partial charge in [-0.1, -0.05) is 20.8 Å². The molecule has 0 heterocycles. The van der Waals surface area contributed by atoms with Gasteiger partial charge in [-0.3, -0.25) is 0 Å². The first-order valence-corrected chi connectivity index (χ1v) is 3.68. The molecule has 1 heteroatoms. The average molecular weight is 132 g/mol. The summed E-state index contributed by atoms with van der Waals surface area (Å²) in [6.07, 6.45) is 0.352. The molecular weight excluding hydrogens is 115 g/mol. The summed E-state index contributed by atoms with van der Waals surface area (Å²) < 4.78 is 12.5. The van der Waals surface area contributed by atoms with Gasteiger partial charge >= 0.3 is 0 Å². The molecule has 0 rings (SSSR count). The van der Waals surface area contributed by atoms with Crippen LogP contribution in [0.5, 0.6) is 0 Å². The second-order valence-electron chi connectivity index (χ2n) is 3.28. The van der Waals surface area contributed by atoms with Crippen molar-refractivity contribution in [1.29, 1.82) is 0 Å².